The molecule has 7 nitrogen and oxygen atoms in total. The Morgan fingerprint density at radius 1 is 0.976 bits per heavy atom. The summed E-state index contributed by atoms with van der Waals surface area (Å²) in [6.45, 7) is 5.70. The van der Waals surface area contributed by atoms with Crippen molar-refractivity contribution in [3.63, 3.8) is 0 Å². The number of sulfonamides is 1. The number of anilines is 1. The molecule has 3 aromatic carbocycles. The Morgan fingerprint density at radius 3 is 2.21 bits per heavy atom. The van der Waals surface area contributed by atoms with Gasteiger partial charge in [-0.2, -0.15) is 0 Å². The van der Waals surface area contributed by atoms with Gasteiger partial charge in [0.1, 0.15) is 12.6 Å². The Bertz CT molecular complexity index is 1470. The van der Waals surface area contributed by atoms with Gasteiger partial charge >= 0.3 is 0 Å². The SMILES string of the molecule is CCCCNC(=O)[C@@H](CC)N(Cc1ccc(Cl)cc1Cl)C(=O)CN(c1ccc(C)cc1)S(=O)(=O)c1ccc(SC)cc1. The van der Waals surface area contributed by atoms with Crippen LogP contribution in [0.15, 0.2) is 76.5 Å². The summed E-state index contributed by atoms with van der Waals surface area (Å²) >= 11 is 14.1. The third-order valence-electron chi connectivity index (χ3n) is 6.82. The Kier molecular flexibility index (Phi) is 12.6. The highest BCUT2D eigenvalue weighted by Gasteiger charge is 2.34. The van der Waals surface area contributed by atoms with Crippen LogP contribution in [0.3, 0.4) is 0 Å². The molecule has 2 amide bonds. The van der Waals surface area contributed by atoms with E-state index in [1.807, 2.05) is 27.0 Å². The zero-order valence-electron chi connectivity index (χ0n) is 24.3. The average Bonchev–Trinajstić information content (AvgIpc) is 2.97. The van der Waals surface area contributed by atoms with Crippen molar-refractivity contribution in [3.05, 3.63) is 87.9 Å². The van der Waals surface area contributed by atoms with Crippen molar-refractivity contribution < 1.29 is 18.0 Å². The molecule has 0 aliphatic rings. The van der Waals surface area contributed by atoms with Crippen molar-refractivity contribution in [2.45, 2.75) is 62.4 Å². The maximum atomic E-state index is 14.2. The predicted molar refractivity (Wildman–Crippen MR) is 173 cm³/mol. The minimum atomic E-state index is -4.14. The van der Waals surface area contributed by atoms with Gasteiger partial charge in [-0.1, -0.05) is 67.2 Å². The van der Waals surface area contributed by atoms with Gasteiger partial charge in [0.05, 0.1) is 10.6 Å². The molecule has 0 aromatic heterocycles. The Hall–Kier alpha value is -2.72. The lowest BCUT2D eigenvalue weighted by atomic mass is 10.1. The number of amides is 2. The van der Waals surface area contributed by atoms with Gasteiger partial charge in [0, 0.05) is 28.0 Å². The molecule has 0 unspecified atom stereocenters. The number of carbonyl (C=O) groups is 2. The van der Waals surface area contributed by atoms with E-state index in [2.05, 4.69) is 5.32 Å². The first-order chi connectivity index (χ1) is 20.0. The van der Waals surface area contributed by atoms with Gasteiger partial charge in [-0.05, 0) is 80.1 Å². The van der Waals surface area contributed by atoms with Crippen molar-refractivity contribution >= 4 is 62.5 Å². The van der Waals surface area contributed by atoms with Crippen molar-refractivity contribution in [1.29, 1.82) is 0 Å². The summed E-state index contributed by atoms with van der Waals surface area (Å²) in [7, 11) is -4.14. The molecule has 42 heavy (non-hydrogen) atoms. The molecule has 226 valence electrons. The molecule has 0 bridgehead atoms. The van der Waals surface area contributed by atoms with Crippen LogP contribution in [0.5, 0.6) is 0 Å². The molecule has 3 rings (SSSR count). The maximum Gasteiger partial charge on any atom is 0.264 e. The van der Waals surface area contributed by atoms with Gasteiger partial charge < -0.3 is 10.2 Å². The van der Waals surface area contributed by atoms with Crippen molar-refractivity contribution in [2.75, 3.05) is 23.7 Å². The predicted octanol–water partition coefficient (Wildman–Crippen LogP) is 6.94. The summed E-state index contributed by atoms with van der Waals surface area (Å²) in [5.41, 5.74) is 1.87. The highest BCUT2D eigenvalue weighted by atomic mass is 35.5. The minimum Gasteiger partial charge on any atom is -0.354 e. The van der Waals surface area contributed by atoms with E-state index >= 15 is 0 Å². The third-order valence-corrected chi connectivity index (χ3v) is 9.94. The normalized spacial score (nSPS) is 12.0. The quantitative estimate of drug-likeness (QED) is 0.151. The fourth-order valence-electron chi connectivity index (χ4n) is 4.37. The van der Waals surface area contributed by atoms with Crippen LogP contribution in [0.1, 0.15) is 44.2 Å². The van der Waals surface area contributed by atoms with Crippen LogP contribution >= 0.6 is 35.0 Å². The number of unbranched alkanes of at least 4 members (excludes halogenated alkanes) is 1. The molecule has 1 N–H and O–H groups in total. The standard InChI is InChI=1S/C31H37Cl2N3O4S2/c1-5-7-18-34-31(38)29(6-2)35(20-23-10-11-24(32)19-28(23)33)30(37)21-36(25-12-8-22(3)9-13-25)42(39,40)27-16-14-26(41-4)15-17-27/h8-17,19,29H,5-7,18,20-21H2,1-4H3,(H,34,38)/t29-/m1/s1. The molecule has 1 atom stereocenters. The number of halogens is 2. The first-order valence-electron chi connectivity index (χ1n) is 13.8. The second-order valence-corrected chi connectivity index (χ2v) is 13.4. The summed E-state index contributed by atoms with van der Waals surface area (Å²) in [6.07, 6.45) is 3.93. The average molecular weight is 651 g/mol. The molecule has 3 aromatic rings. The van der Waals surface area contributed by atoms with Crippen LogP contribution in [0, 0.1) is 6.92 Å². The van der Waals surface area contributed by atoms with Crippen LogP contribution in [0.2, 0.25) is 10.0 Å². The Labute approximate surface area is 263 Å². The van der Waals surface area contributed by atoms with Gasteiger partial charge in [0.2, 0.25) is 11.8 Å². The van der Waals surface area contributed by atoms with Crippen LogP contribution in [-0.4, -0.2) is 50.5 Å². The van der Waals surface area contributed by atoms with Crippen molar-refractivity contribution in [1.82, 2.24) is 10.2 Å². The lowest BCUT2D eigenvalue weighted by Gasteiger charge is -2.33. The fraction of sp³-hybridized carbons (Fsp3) is 0.355. The van der Waals surface area contributed by atoms with E-state index in [4.69, 9.17) is 23.2 Å². The number of benzene rings is 3. The number of aryl methyl sites for hydroxylation is 1. The molecule has 11 heteroatoms. The van der Waals surface area contributed by atoms with Gasteiger partial charge in [-0.15, -0.1) is 11.8 Å². The lowest BCUT2D eigenvalue weighted by Crippen LogP contribution is -2.52. The number of rotatable bonds is 14. The fourth-order valence-corrected chi connectivity index (χ4v) is 6.66. The number of thioether (sulfide) groups is 1. The number of hydrogen-bond acceptors (Lipinski definition) is 5. The molecule has 0 radical (unpaired) electrons. The number of hydrogen-bond donors (Lipinski definition) is 1. The van der Waals surface area contributed by atoms with Crippen LogP contribution in [0.4, 0.5) is 5.69 Å². The summed E-state index contributed by atoms with van der Waals surface area (Å²) in [5, 5.41) is 3.70. The van der Waals surface area contributed by atoms with E-state index in [9.17, 15) is 18.0 Å². The monoisotopic (exact) mass is 649 g/mol. The molecule has 0 fully saturated rings. The topological polar surface area (TPSA) is 86.8 Å². The summed E-state index contributed by atoms with van der Waals surface area (Å²) in [5.74, 6) is -0.842. The maximum absolute atomic E-state index is 14.2. The minimum absolute atomic E-state index is 0.00124. The van der Waals surface area contributed by atoms with E-state index in [0.29, 0.717) is 34.3 Å². The van der Waals surface area contributed by atoms with Crippen LogP contribution in [-0.2, 0) is 26.2 Å². The summed E-state index contributed by atoms with van der Waals surface area (Å²) in [4.78, 5) is 29.8. The highest BCUT2D eigenvalue weighted by Crippen LogP contribution is 2.28. The molecule has 0 spiro atoms. The molecule has 0 saturated carbocycles. The lowest BCUT2D eigenvalue weighted by molar-refractivity contribution is -0.140. The van der Waals surface area contributed by atoms with Gasteiger partial charge in [0.25, 0.3) is 10.0 Å². The van der Waals surface area contributed by atoms with Crippen LogP contribution < -0.4 is 9.62 Å². The smallest absolute Gasteiger partial charge is 0.264 e. The molecule has 0 saturated heterocycles. The second kappa shape index (κ2) is 15.7. The van der Waals surface area contributed by atoms with Crippen molar-refractivity contribution in [2.24, 2.45) is 0 Å². The van der Waals surface area contributed by atoms with Gasteiger partial charge in [0.15, 0.2) is 0 Å². The zero-order chi connectivity index (χ0) is 30.9. The van der Waals surface area contributed by atoms with Gasteiger partial charge in [-0.3, -0.25) is 13.9 Å². The summed E-state index contributed by atoms with van der Waals surface area (Å²) in [6, 6.07) is 17.6. The largest absolute Gasteiger partial charge is 0.354 e. The first-order valence-corrected chi connectivity index (χ1v) is 17.2. The second-order valence-electron chi connectivity index (χ2n) is 9.85. The Balaban J connectivity index is 2.05. The molecule has 0 aliphatic carbocycles. The zero-order valence-corrected chi connectivity index (χ0v) is 27.4. The van der Waals surface area contributed by atoms with Crippen LogP contribution in [0.25, 0.3) is 0 Å². The summed E-state index contributed by atoms with van der Waals surface area (Å²) < 4.78 is 29.1. The number of carbonyl (C=O) groups excluding carboxylic acids is 2. The molecular formula is C31H37Cl2N3O4S2. The number of nitrogens with zero attached hydrogens (tertiary/aromatic N) is 2. The Morgan fingerprint density at radius 2 is 1.64 bits per heavy atom. The van der Waals surface area contributed by atoms with E-state index in [1.54, 1.807) is 54.6 Å². The first kappa shape index (κ1) is 33.8. The number of nitrogens with one attached hydrogen (secondary N) is 1. The van der Waals surface area contributed by atoms with Crippen molar-refractivity contribution in [3.8, 4) is 0 Å². The molecule has 0 heterocycles. The highest BCUT2D eigenvalue weighted by molar-refractivity contribution is 7.98. The molecular weight excluding hydrogens is 613 g/mol. The van der Waals surface area contributed by atoms with Gasteiger partial charge in [-0.25, -0.2) is 8.42 Å². The third kappa shape index (κ3) is 8.66. The van der Waals surface area contributed by atoms with E-state index in [0.717, 1.165) is 27.6 Å². The van der Waals surface area contributed by atoms with E-state index in [1.165, 1.54) is 28.8 Å². The molecule has 0 aliphatic heterocycles. The van der Waals surface area contributed by atoms with E-state index < -0.39 is 28.5 Å². The van der Waals surface area contributed by atoms with E-state index in [-0.39, 0.29) is 17.3 Å².